The average Bonchev–Trinajstić information content (AvgIpc) is 3.07. The van der Waals surface area contributed by atoms with E-state index in [-0.39, 0.29) is 5.91 Å². The monoisotopic (exact) mass is 234 g/mol. The number of rotatable bonds is 4. The van der Waals surface area contributed by atoms with Crippen molar-refractivity contribution in [2.24, 2.45) is 5.92 Å². The fraction of sp³-hybridized carbons (Fsp3) is 0.667. The molecule has 5 heteroatoms. The van der Waals surface area contributed by atoms with Crippen molar-refractivity contribution in [2.75, 3.05) is 13.1 Å². The highest BCUT2D eigenvalue weighted by atomic mass is 16.1. The van der Waals surface area contributed by atoms with Gasteiger partial charge >= 0.3 is 0 Å². The number of carbonyl (C=O) groups is 1. The number of hydrogen-bond acceptors (Lipinski definition) is 3. The molecule has 1 saturated carbocycles. The van der Waals surface area contributed by atoms with E-state index >= 15 is 0 Å². The number of nitrogens with one attached hydrogen (secondary N) is 3. The first-order chi connectivity index (χ1) is 8.34. The van der Waals surface area contributed by atoms with Crippen LogP contribution in [-0.4, -0.2) is 29.2 Å². The fourth-order valence-electron chi connectivity index (χ4n) is 2.29. The minimum absolute atomic E-state index is 0.0353. The van der Waals surface area contributed by atoms with Gasteiger partial charge in [-0.15, -0.1) is 0 Å². The highest BCUT2D eigenvalue weighted by molar-refractivity contribution is 5.94. The number of aromatic amines is 1. The third-order valence-electron chi connectivity index (χ3n) is 3.56. The Bertz CT molecular complexity index is 422. The molecule has 1 aromatic rings. The number of nitrogens with zero attached hydrogens (tertiary/aromatic N) is 1. The molecule has 0 radical (unpaired) electrons. The first-order valence-corrected chi connectivity index (χ1v) is 6.39. The van der Waals surface area contributed by atoms with E-state index in [9.17, 15) is 4.79 Å². The molecule has 2 heterocycles. The maximum absolute atomic E-state index is 12.0. The van der Waals surface area contributed by atoms with Crippen molar-refractivity contribution < 1.29 is 4.79 Å². The molecule has 1 aliphatic heterocycles. The zero-order chi connectivity index (χ0) is 11.7. The first kappa shape index (κ1) is 10.8. The van der Waals surface area contributed by atoms with Gasteiger partial charge in [0.2, 0.25) is 0 Å². The van der Waals surface area contributed by atoms with E-state index in [1.165, 1.54) is 12.8 Å². The summed E-state index contributed by atoms with van der Waals surface area (Å²) in [6, 6.07) is 0. The summed E-state index contributed by atoms with van der Waals surface area (Å²) in [5, 5.41) is 13.3. The topological polar surface area (TPSA) is 69.8 Å². The van der Waals surface area contributed by atoms with Crippen molar-refractivity contribution in [1.29, 1.82) is 0 Å². The van der Waals surface area contributed by atoms with Crippen LogP contribution in [0.3, 0.4) is 0 Å². The summed E-state index contributed by atoms with van der Waals surface area (Å²) in [5.74, 6) is 0.817. The van der Waals surface area contributed by atoms with Crippen LogP contribution in [0.1, 0.15) is 41.0 Å². The fourth-order valence-corrected chi connectivity index (χ4v) is 2.29. The van der Waals surface area contributed by atoms with Gasteiger partial charge in [-0.05, 0) is 12.3 Å². The Kier molecular flexibility index (Phi) is 2.84. The molecule has 3 rings (SSSR count). The number of amides is 1. The molecule has 0 saturated heterocycles. The molecule has 0 atom stereocenters. The van der Waals surface area contributed by atoms with Gasteiger partial charge in [0.25, 0.3) is 5.91 Å². The van der Waals surface area contributed by atoms with Gasteiger partial charge in [0, 0.05) is 37.3 Å². The number of H-pyrrole nitrogens is 1. The number of hydrogen-bond donors (Lipinski definition) is 3. The summed E-state index contributed by atoms with van der Waals surface area (Å²) in [6.07, 6.45) is 4.70. The van der Waals surface area contributed by atoms with Gasteiger partial charge in [-0.25, -0.2) is 0 Å². The predicted octanol–water partition coefficient (Wildman–Crippen LogP) is 0.585. The first-order valence-electron chi connectivity index (χ1n) is 6.39. The molecule has 0 aromatic carbocycles. The van der Waals surface area contributed by atoms with Crippen molar-refractivity contribution in [3.63, 3.8) is 0 Å². The molecule has 3 N–H and O–H groups in total. The zero-order valence-electron chi connectivity index (χ0n) is 9.88. The van der Waals surface area contributed by atoms with Crippen LogP contribution in [0.4, 0.5) is 0 Å². The molecule has 1 fully saturated rings. The van der Waals surface area contributed by atoms with E-state index in [0.717, 1.165) is 49.7 Å². The Morgan fingerprint density at radius 2 is 2.35 bits per heavy atom. The van der Waals surface area contributed by atoms with Gasteiger partial charge in [-0.2, -0.15) is 5.10 Å². The maximum atomic E-state index is 12.0. The molecule has 5 nitrogen and oxygen atoms in total. The van der Waals surface area contributed by atoms with Gasteiger partial charge in [0.15, 0.2) is 5.69 Å². The summed E-state index contributed by atoms with van der Waals surface area (Å²) in [6.45, 7) is 2.48. The zero-order valence-corrected chi connectivity index (χ0v) is 9.88. The molecule has 1 amide bonds. The van der Waals surface area contributed by atoms with Crippen LogP contribution >= 0.6 is 0 Å². The van der Waals surface area contributed by atoms with E-state index in [0.29, 0.717) is 5.69 Å². The second-order valence-corrected chi connectivity index (χ2v) is 4.94. The molecular weight excluding hydrogens is 216 g/mol. The molecule has 1 aromatic heterocycles. The van der Waals surface area contributed by atoms with Crippen molar-refractivity contribution in [3.05, 3.63) is 17.0 Å². The quantitative estimate of drug-likeness (QED) is 0.714. The van der Waals surface area contributed by atoms with E-state index < -0.39 is 0 Å². The van der Waals surface area contributed by atoms with Gasteiger partial charge in [-0.3, -0.25) is 9.89 Å². The van der Waals surface area contributed by atoms with Gasteiger partial charge < -0.3 is 10.6 Å². The Hall–Kier alpha value is -1.36. The Balaban J connectivity index is 1.61. The Morgan fingerprint density at radius 1 is 1.47 bits per heavy atom. The number of carbonyl (C=O) groups excluding carboxylic acids is 1. The predicted molar refractivity (Wildman–Crippen MR) is 63.7 cm³/mol. The minimum atomic E-state index is -0.0353. The van der Waals surface area contributed by atoms with Crippen molar-refractivity contribution in [3.8, 4) is 0 Å². The lowest BCUT2D eigenvalue weighted by atomic mass is 10.1. The number of aromatic nitrogens is 2. The van der Waals surface area contributed by atoms with E-state index in [4.69, 9.17) is 0 Å². The molecule has 0 bridgehead atoms. The van der Waals surface area contributed by atoms with Crippen molar-refractivity contribution in [2.45, 2.75) is 32.2 Å². The molecule has 0 unspecified atom stereocenters. The third-order valence-corrected chi connectivity index (χ3v) is 3.56. The summed E-state index contributed by atoms with van der Waals surface area (Å²) in [7, 11) is 0. The molecule has 1 aliphatic carbocycles. The molecule has 17 heavy (non-hydrogen) atoms. The Morgan fingerprint density at radius 3 is 3.18 bits per heavy atom. The summed E-state index contributed by atoms with van der Waals surface area (Å²) in [4.78, 5) is 12.0. The number of fused-ring (bicyclic) bond motifs is 1. The largest absolute Gasteiger partial charge is 0.351 e. The lowest BCUT2D eigenvalue weighted by molar-refractivity contribution is 0.0946. The SMILES string of the molecule is O=C(NCCC1CC1)c1n[nH]c2c1CNCC2. The lowest BCUT2D eigenvalue weighted by Gasteiger charge is -2.12. The maximum Gasteiger partial charge on any atom is 0.272 e. The normalized spacial score (nSPS) is 18.8. The third kappa shape index (κ3) is 2.34. The van der Waals surface area contributed by atoms with Crippen LogP contribution in [0.15, 0.2) is 0 Å². The average molecular weight is 234 g/mol. The Labute approximate surface area is 100 Å². The summed E-state index contributed by atoms with van der Waals surface area (Å²) >= 11 is 0. The van der Waals surface area contributed by atoms with Crippen LogP contribution in [0.2, 0.25) is 0 Å². The molecule has 0 spiro atoms. The summed E-state index contributed by atoms with van der Waals surface area (Å²) in [5.41, 5.74) is 2.72. The highest BCUT2D eigenvalue weighted by Gasteiger charge is 2.23. The van der Waals surface area contributed by atoms with E-state index in [1.54, 1.807) is 0 Å². The van der Waals surface area contributed by atoms with Crippen LogP contribution < -0.4 is 10.6 Å². The van der Waals surface area contributed by atoms with Crippen LogP contribution in [0, 0.1) is 5.92 Å². The van der Waals surface area contributed by atoms with Gasteiger partial charge in [-0.1, -0.05) is 12.8 Å². The van der Waals surface area contributed by atoms with E-state index in [1.807, 2.05) is 0 Å². The smallest absolute Gasteiger partial charge is 0.272 e. The minimum Gasteiger partial charge on any atom is -0.351 e. The summed E-state index contributed by atoms with van der Waals surface area (Å²) < 4.78 is 0. The van der Waals surface area contributed by atoms with E-state index in [2.05, 4.69) is 20.8 Å². The van der Waals surface area contributed by atoms with Crippen LogP contribution in [-0.2, 0) is 13.0 Å². The standard InChI is InChI=1S/C12H18N4O/c17-12(14-6-3-8-1-2-8)11-9-7-13-5-4-10(9)15-16-11/h8,13H,1-7H2,(H,14,17)(H,15,16). The van der Waals surface area contributed by atoms with Gasteiger partial charge in [0.05, 0.1) is 0 Å². The van der Waals surface area contributed by atoms with Crippen LogP contribution in [0.5, 0.6) is 0 Å². The van der Waals surface area contributed by atoms with Crippen molar-refractivity contribution >= 4 is 5.91 Å². The second-order valence-electron chi connectivity index (χ2n) is 4.94. The van der Waals surface area contributed by atoms with Crippen molar-refractivity contribution in [1.82, 2.24) is 20.8 Å². The lowest BCUT2D eigenvalue weighted by Crippen LogP contribution is -2.29. The second kappa shape index (κ2) is 4.49. The highest BCUT2D eigenvalue weighted by Crippen LogP contribution is 2.31. The molecule has 2 aliphatic rings. The van der Waals surface area contributed by atoms with Crippen LogP contribution in [0.25, 0.3) is 0 Å². The molecule has 92 valence electrons. The van der Waals surface area contributed by atoms with Gasteiger partial charge in [0.1, 0.15) is 0 Å². The molecular formula is C12H18N4O.